The largest absolute Gasteiger partial charge is 0.480 e. The number of ether oxygens (including phenoxy) is 1. The summed E-state index contributed by atoms with van der Waals surface area (Å²) < 4.78 is 4.82. The SMILES string of the molecule is COCC[C@H]1C[C@]1(N)C(=O)O. The molecular weight excluding hydrogens is 146 g/mol. The zero-order valence-corrected chi connectivity index (χ0v) is 6.54. The molecule has 0 aromatic rings. The highest BCUT2D eigenvalue weighted by molar-refractivity contribution is 5.82. The van der Waals surface area contributed by atoms with Crippen LogP contribution in [0.3, 0.4) is 0 Å². The molecule has 0 heterocycles. The summed E-state index contributed by atoms with van der Waals surface area (Å²) >= 11 is 0. The Morgan fingerprint density at radius 2 is 2.55 bits per heavy atom. The van der Waals surface area contributed by atoms with E-state index < -0.39 is 11.5 Å². The first kappa shape index (κ1) is 8.49. The number of carboxylic acid groups (broad SMARTS) is 1. The van der Waals surface area contributed by atoms with E-state index in [4.69, 9.17) is 15.6 Å². The molecular formula is C7H13NO3. The summed E-state index contributed by atoms with van der Waals surface area (Å²) in [7, 11) is 1.60. The highest BCUT2D eigenvalue weighted by Gasteiger charge is 2.56. The third kappa shape index (κ3) is 1.52. The maximum atomic E-state index is 10.5. The Morgan fingerprint density at radius 1 is 1.91 bits per heavy atom. The van der Waals surface area contributed by atoms with Gasteiger partial charge in [-0.05, 0) is 18.8 Å². The third-order valence-electron chi connectivity index (χ3n) is 2.22. The Morgan fingerprint density at radius 3 is 2.91 bits per heavy atom. The number of rotatable bonds is 4. The zero-order chi connectivity index (χ0) is 8.48. The minimum Gasteiger partial charge on any atom is -0.480 e. The number of methoxy groups -OCH3 is 1. The Kier molecular flexibility index (Phi) is 2.15. The number of aliphatic carboxylic acids is 1. The first-order valence-corrected chi connectivity index (χ1v) is 3.62. The van der Waals surface area contributed by atoms with E-state index in [0.29, 0.717) is 13.0 Å². The summed E-state index contributed by atoms with van der Waals surface area (Å²) in [5.74, 6) is -0.779. The molecule has 0 bridgehead atoms. The number of hydrogen-bond donors (Lipinski definition) is 2. The van der Waals surface area contributed by atoms with Crippen LogP contribution in [0, 0.1) is 5.92 Å². The molecule has 0 aliphatic heterocycles. The van der Waals surface area contributed by atoms with Gasteiger partial charge in [-0.2, -0.15) is 0 Å². The molecule has 0 amide bonds. The Balaban J connectivity index is 2.29. The Hall–Kier alpha value is -0.610. The summed E-state index contributed by atoms with van der Waals surface area (Å²) in [5, 5.41) is 8.62. The Labute approximate surface area is 65.3 Å². The first-order chi connectivity index (χ1) is 5.11. The molecule has 0 radical (unpaired) electrons. The van der Waals surface area contributed by atoms with Gasteiger partial charge in [0.15, 0.2) is 0 Å². The average molecular weight is 159 g/mol. The molecule has 1 fully saturated rings. The molecule has 4 nitrogen and oxygen atoms in total. The summed E-state index contributed by atoms with van der Waals surface area (Å²) in [4.78, 5) is 10.5. The van der Waals surface area contributed by atoms with Crippen LogP contribution < -0.4 is 5.73 Å². The second-order valence-electron chi connectivity index (χ2n) is 3.03. The van der Waals surface area contributed by atoms with Crippen LogP contribution in [0.15, 0.2) is 0 Å². The van der Waals surface area contributed by atoms with Crippen LogP contribution in [0.1, 0.15) is 12.8 Å². The molecule has 2 atom stereocenters. The van der Waals surface area contributed by atoms with Crippen molar-refractivity contribution < 1.29 is 14.6 Å². The van der Waals surface area contributed by atoms with E-state index in [1.807, 2.05) is 0 Å². The minimum atomic E-state index is -0.946. The fraction of sp³-hybridized carbons (Fsp3) is 0.857. The lowest BCUT2D eigenvalue weighted by atomic mass is 10.2. The zero-order valence-electron chi connectivity index (χ0n) is 6.54. The standard InChI is InChI=1S/C7H13NO3/c1-11-3-2-5-4-7(5,8)6(9)10/h5H,2-4,8H2,1H3,(H,9,10)/t5-,7+/m0/s1. The van der Waals surface area contributed by atoms with Crippen molar-refractivity contribution in [2.75, 3.05) is 13.7 Å². The van der Waals surface area contributed by atoms with Crippen molar-refractivity contribution in [3.05, 3.63) is 0 Å². The summed E-state index contributed by atoms with van der Waals surface area (Å²) in [6.45, 7) is 0.594. The highest BCUT2D eigenvalue weighted by Crippen LogP contribution is 2.43. The van der Waals surface area contributed by atoms with Gasteiger partial charge in [0.25, 0.3) is 0 Å². The second kappa shape index (κ2) is 2.79. The van der Waals surface area contributed by atoms with Crippen molar-refractivity contribution in [1.82, 2.24) is 0 Å². The minimum absolute atomic E-state index is 0.111. The summed E-state index contributed by atoms with van der Waals surface area (Å²) in [5.41, 5.74) is 4.57. The van der Waals surface area contributed by atoms with Crippen LogP contribution >= 0.6 is 0 Å². The van der Waals surface area contributed by atoms with E-state index in [1.54, 1.807) is 7.11 Å². The van der Waals surface area contributed by atoms with Gasteiger partial charge in [0, 0.05) is 13.7 Å². The van der Waals surface area contributed by atoms with Crippen LogP contribution in [-0.2, 0) is 9.53 Å². The molecule has 1 aliphatic carbocycles. The lowest BCUT2D eigenvalue weighted by molar-refractivity contribution is -0.140. The molecule has 3 N–H and O–H groups in total. The van der Waals surface area contributed by atoms with Gasteiger partial charge in [-0.15, -0.1) is 0 Å². The third-order valence-corrected chi connectivity index (χ3v) is 2.22. The normalized spacial score (nSPS) is 35.3. The van der Waals surface area contributed by atoms with E-state index in [1.165, 1.54) is 0 Å². The van der Waals surface area contributed by atoms with E-state index in [0.717, 1.165) is 6.42 Å². The molecule has 0 saturated heterocycles. The van der Waals surface area contributed by atoms with Crippen molar-refractivity contribution in [2.24, 2.45) is 11.7 Å². The predicted octanol–water partition coefficient (Wildman–Crippen LogP) is -0.175. The molecule has 1 aliphatic rings. The summed E-state index contributed by atoms with van der Waals surface area (Å²) in [6, 6.07) is 0. The predicted molar refractivity (Wildman–Crippen MR) is 39.2 cm³/mol. The van der Waals surface area contributed by atoms with E-state index in [-0.39, 0.29) is 5.92 Å². The van der Waals surface area contributed by atoms with E-state index in [2.05, 4.69) is 0 Å². The molecule has 0 unspecified atom stereocenters. The van der Waals surface area contributed by atoms with Crippen molar-refractivity contribution in [2.45, 2.75) is 18.4 Å². The molecule has 64 valence electrons. The van der Waals surface area contributed by atoms with Gasteiger partial charge in [-0.25, -0.2) is 0 Å². The van der Waals surface area contributed by atoms with Crippen LogP contribution in [-0.4, -0.2) is 30.3 Å². The van der Waals surface area contributed by atoms with Gasteiger partial charge >= 0.3 is 5.97 Å². The second-order valence-corrected chi connectivity index (χ2v) is 3.03. The molecule has 1 rings (SSSR count). The van der Waals surface area contributed by atoms with Gasteiger partial charge < -0.3 is 15.6 Å². The quantitative estimate of drug-likeness (QED) is 0.597. The monoisotopic (exact) mass is 159 g/mol. The number of nitrogens with two attached hydrogens (primary N) is 1. The lowest BCUT2D eigenvalue weighted by Gasteiger charge is -2.03. The van der Waals surface area contributed by atoms with Crippen LogP contribution in [0.25, 0.3) is 0 Å². The molecule has 0 spiro atoms. The topological polar surface area (TPSA) is 72.5 Å². The van der Waals surface area contributed by atoms with Crippen molar-refractivity contribution in [1.29, 1.82) is 0 Å². The van der Waals surface area contributed by atoms with Crippen molar-refractivity contribution in [3.8, 4) is 0 Å². The van der Waals surface area contributed by atoms with Crippen molar-refractivity contribution >= 4 is 5.97 Å². The lowest BCUT2D eigenvalue weighted by Crippen LogP contribution is -2.35. The molecule has 4 heteroatoms. The van der Waals surface area contributed by atoms with Gasteiger partial charge in [-0.3, -0.25) is 4.79 Å². The fourth-order valence-electron chi connectivity index (χ4n) is 1.23. The Bertz CT molecular complexity index is 171. The first-order valence-electron chi connectivity index (χ1n) is 3.62. The van der Waals surface area contributed by atoms with E-state index in [9.17, 15) is 4.79 Å². The van der Waals surface area contributed by atoms with Crippen LogP contribution in [0.2, 0.25) is 0 Å². The number of carbonyl (C=O) groups is 1. The average Bonchev–Trinajstić information content (AvgIpc) is 2.59. The highest BCUT2D eigenvalue weighted by atomic mass is 16.5. The maximum absolute atomic E-state index is 10.5. The van der Waals surface area contributed by atoms with Crippen molar-refractivity contribution in [3.63, 3.8) is 0 Å². The van der Waals surface area contributed by atoms with Gasteiger partial charge in [0.1, 0.15) is 5.54 Å². The van der Waals surface area contributed by atoms with Gasteiger partial charge in [0.05, 0.1) is 0 Å². The fourth-order valence-corrected chi connectivity index (χ4v) is 1.23. The smallest absolute Gasteiger partial charge is 0.323 e. The van der Waals surface area contributed by atoms with Gasteiger partial charge in [0.2, 0.25) is 0 Å². The summed E-state index contributed by atoms with van der Waals surface area (Å²) in [6.07, 6.45) is 1.34. The molecule has 0 aromatic carbocycles. The molecule has 11 heavy (non-hydrogen) atoms. The van der Waals surface area contributed by atoms with E-state index >= 15 is 0 Å². The molecule has 1 saturated carbocycles. The number of carboxylic acids is 1. The number of hydrogen-bond acceptors (Lipinski definition) is 3. The van der Waals surface area contributed by atoms with Gasteiger partial charge in [-0.1, -0.05) is 0 Å². The molecule has 0 aromatic heterocycles. The maximum Gasteiger partial charge on any atom is 0.323 e. The van der Waals surface area contributed by atoms with Crippen LogP contribution in [0.4, 0.5) is 0 Å². The van der Waals surface area contributed by atoms with Crippen LogP contribution in [0.5, 0.6) is 0 Å².